The number of anilines is 3. The molecule has 0 radical (unpaired) electrons. The third kappa shape index (κ3) is 6.83. The van der Waals surface area contributed by atoms with Gasteiger partial charge in [-0.1, -0.05) is 0 Å². The number of ether oxygens (including phenoxy) is 1. The Morgan fingerprint density at radius 1 is 0.919 bits per heavy atom. The van der Waals surface area contributed by atoms with Crippen LogP contribution in [0.4, 0.5) is 30.6 Å². The summed E-state index contributed by atoms with van der Waals surface area (Å²) >= 11 is 0. The van der Waals surface area contributed by atoms with Crippen LogP contribution in [0.1, 0.15) is 11.3 Å². The predicted octanol–water partition coefficient (Wildman–Crippen LogP) is 4.57. The number of alkyl halides is 3. The van der Waals surface area contributed by atoms with E-state index in [1.54, 1.807) is 43.3 Å². The van der Waals surface area contributed by atoms with Crippen LogP contribution in [0.25, 0.3) is 11.3 Å². The number of aromatic nitrogens is 3. The van der Waals surface area contributed by atoms with Gasteiger partial charge in [0.1, 0.15) is 28.8 Å². The molecule has 192 valence electrons. The van der Waals surface area contributed by atoms with Crippen molar-refractivity contribution in [2.24, 2.45) is 5.14 Å². The van der Waals surface area contributed by atoms with Gasteiger partial charge in [0.2, 0.25) is 5.95 Å². The maximum Gasteiger partial charge on any atom is 0.433 e. The van der Waals surface area contributed by atoms with Crippen LogP contribution in [-0.2, 0) is 16.5 Å². The molecule has 0 saturated heterocycles. The van der Waals surface area contributed by atoms with Crippen LogP contribution in [0.3, 0.4) is 0 Å². The average molecular weight is 533 g/mol. The lowest BCUT2D eigenvalue weighted by Gasteiger charge is -2.12. The molecule has 5 N–H and O–H groups in total. The van der Waals surface area contributed by atoms with E-state index in [9.17, 15) is 21.6 Å². The van der Waals surface area contributed by atoms with E-state index in [1.807, 2.05) is 0 Å². The highest BCUT2D eigenvalue weighted by atomic mass is 32.2. The van der Waals surface area contributed by atoms with Gasteiger partial charge in [-0.05, 0) is 61.0 Å². The third-order valence-corrected chi connectivity index (χ3v) is 5.24. The molecule has 14 heteroatoms. The second-order valence-corrected chi connectivity index (χ2v) is 8.83. The van der Waals surface area contributed by atoms with Gasteiger partial charge in [-0.25, -0.2) is 4.98 Å². The van der Waals surface area contributed by atoms with E-state index in [4.69, 9.17) is 15.6 Å². The smallest absolute Gasteiger partial charge is 0.433 e. The summed E-state index contributed by atoms with van der Waals surface area (Å²) in [6.45, 7) is 1.73. The standard InChI is InChI=1S/C23H19F3N6O4S/c1-13-10-17(36-37(28,33)34)6-7-18(13)19-12-21(32-22(27)31-19)30-14-2-4-15(5-3-14)35-16-8-9-29-20(11-16)23(24,25)26/h2-12H,1H3,(H2,28,33,34)(H3,27,30,31,32). The number of hydrogen-bond donors (Lipinski definition) is 3. The first-order chi connectivity index (χ1) is 17.4. The summed E-state index contributed by atoms with van der Waals surface area (Å²) in [6.07, 6.45) is -3.56. The molecule has 2 heterocycles. The first-order valence-corrected chi connectivity index (χ1v) is 11.9. The number of halogens is 3. The lowest BCUT2D eigenvalue weighted by molar-refractivity contribution is -0.141. The van der Waals surface area contributed by atoms with E-state index in [-0.39, 0.29) is 17.4 Å². The summed E-state index contributed by atoms with van der Waals surface area (Å²) in [6, 6.07) is 14.7. The second-order valence-electron chi connectivity index (χ2n) is 7.68. The summed E-state index contributed by atoms with van der Waals surface area (Å²) in [7, 11) is -4.16. The van der Waals surface area contributed by atoms with Crippen LogP contribution < -0.4 is 25.1 Å². The molecule has 0 aliphatic heterocycles. The molecule has 37 heavy (non-hydrogen) atoms. The van der Waals surface area contributed by atoms with Crippen molar-refractivity contribution < 1.29 is 30.5 Å². The van der Waals surface area contributed by atoms with Gasteiger partial charge in [0.15, 0.2) is 0 Å². The molecule has 0 amide bonds. The van der Waals surface area contributed by atoms with Crippen molar-refractivity contribution in [3.63, 3.8) is 0 Å². The molecular formula is C23H19F3N6O4S. The van der Waals surface area contributed by atoms with Crippen LogP contribution in [0.2, 0.25) is 0 Å². The molecule has 2 aromatic carbocycles. The summed E-state index contributed by atoms with van der Waals surface area (Å²) in [4.78, 5) is 11.7. The summed E-state index contributed by atoms with van der Waals surface area (Å²) < 4.78 is 71.0. The van der Waals surface area contributed by atoms with Gasteiger partial charge in [-0.2, -0.15) is 31.7 Å². The fourth-order valence-electron chi connectivity index (χ4n) is 3.30. The van der Waals surface area contributed by atoms with Crippen molar-refractivity contribution in [2.75, 3.05) is 11.1 Å². The Morgan fingerprint density at radius 3 is 2.27 bits per heavy atom. The third-order valence-electron chi connectivity index (χ3n) is 4.81. The first kappa shape index (κ1) is 25.7. The molecule has 0 aliphatic rings. The average Bonchev–Trinajstić information content (AvgIpc) is 2.79. The Hall–Kier alpha value is -4.43. The van der Waals surface area contributed by atoms with Gasteiger partial charge < -0.3 is 20.0 Å². The van der Waals surface area contributed by atoms with Crippen molar-refractivity contribution in [1.82, 2.24) is 15.0 Å². The highest BCUT2D eigenvalue weighted by Gasteiger charge is 2.32. The summed E-state index contributed by atoms with van der Waals surface area (Å²) in [5.41, 5.74) is 7.18. The quantitative estimate of drug-likeness (QED) is 0.310. The SMILES string of the molecule is Cc1cc(OS(N)(=O)=O)ccc1-c1cc(Nc2ccc(Oc3ccnc(C(F)(F)F)c3)cc2)nc(N)n1. The van der Waals surface area contributed by atoms with E-state index >= 15 is 0 Å². The van der Waals surface area contributed by atoms with Gasteiger partial charge in [-0.15, -0.1) is 0 Å². The Morgan fingerprint density at radius 2 is 1.62 bits per heavy atom. The summed E-state index contributed by atoms with van der Waals surface area (Å²) in [5.74, 6) is 0.705. The van der Waals surface area contributed by atoms with Crippen molar-refractivity contribution in [1.29, 1.82) is 0 Å². The minimum atomic E-state index is -4.58. The van der Waals surface area contributed by atoms with Crippen LogP contribution in [0.15, 0.2) is 66.9 Å². The molecule has 0 unspecified atom stereocenters. The number of pyridine rings is 1. The van der Waals surface area contributed by atoms with Crippen molar-refractivity contribution in [3.05, 3.63) is 78.1 Å². The Kier molecular flexibility index (Phi) is 6.87. The monoisotopic (exact) mass is 532 g/mol. The highest BCUT2D eigenvalue weighted by molar-refractivity contribution is 7.84. The van der Waals surface area contributed by atoms with Crippen LogP contribution in [0.5, 0.6) is 17.2 Å². The molecule has 0 saturated carbocycles. The Bertz CT molecular complexity index is 1550. The Balaban J connectivity index is 1.50. The van der Waals surface area contributed by atoms with Crippen molar-refractivity contribution in [3.8, 4) is 28.5 Å². The molecule has 4 rings (SSSR count). The van der Waals surface area contributed by atoms with Gasteiger partial charge >= 0.3 is 16.5 Å². The zero-order valence-corrected chi connectivity index (χ0v) is 19.8. The lowest BCUT2D eigenvalue weighted by atomic mass is 10.1. The van der Waals surface area contributed by atoms with Gasteiger partial charge in [0.25, 0.3) is 0 Å². The van der Waals surface area contributed by atoms with E-state index in [0.717, 1.165) is 12.3 Å². The molecule has 0 bridgehead atoms. The van der Waals surface area contributed by atoms with E-state index in [0.29, 0.717) is 34.1 Å². The predicted molar refractivity (Wildman–Crippen MR) is 129 cm³/mol. The van der Waals surface area contributed by atoms with Crippen molar-refractivity contribution >= 4 is 27.8 Å². The number of nitrogens with one attached hydrogen (secondary N) is 1. The van der Waals surface area contributed by atoms with Crippen LogP contribution in [-0.4, -0.2) is 23.4 Å². The molecular weight excluding hydrogens is 513 g/mol. The fraction of sp³-hybridized carbons (Fsp3) is 0.0870. The molecule has 2 aromatic heterocycles. The lowest BCUT2D eigenvalue weighted by Crippen LogP contribution is -2.18. The summed E-state index contributed by atoms with van der Waals surface area (Å²) in [5, 5.41) is 7.97. The van der Waals surface area contributed by atoms with E-state index < -0.39 is 22.2 Å². The number of nitrogen functional groups attached to an aromatic ring is 1. The van der Waals surface area contributed by atoms with Crippen molar-refractivity contribution in [2.45, 2.75) is 13.1 Å². The van der Waals surface area contributed by atoms with Gasteiger partial charge in [-0.3, -0.25) is 4.98 Å². The van der Waals surface area contributed by atoms with Crippen LogP contribution >= 0.6 is 0 Å². The molecule has 4 aromatic rings. The normalized spacial score (nSPS) is 11.7. The highest BCUT2D eigenvalue weighted by Crippen LogP contribution is 2.32. The van der Waals surface area contributed by atoms with Gasteiger partial charge in [0, 0.05) is 29.6 Å². The topological polar surface area (TPSA) is 155 Å². The number of aryl methyl sites for hydroxylation is 1. The number of hydrogen-bond acceptors (Lipinski definition) is 9. The second kappa shape index (κ2) is 9.91. The largest absolute Gasteiger partial charge is 0.457 e. The molecule has 0 spiro atoms. The number of nitrogens with two attached hydrogens (primary N) is 2. The maximum absolute atomic E-state index is 12.9. The minimum absolute atomic E-state index is 0.00731. The van der Waals surface area contributed by atoms with Gasteiger partial charge in [0.05, 0.1) is 5.69 Å². The fourth-order valence-corrected chi connectivity index (χ4v) is 3.67. The molecule has 0 atom stereocenters. The Labute approximate surface area is 209 Å². The molecule has 0 fully saturated rings. The number of benzene rings is 2. The van der Waals surface area contributed by atoms with Crippen LogP contribution in [0, 0.1) is 6.92 Å². The van der Waals surface area contributed by atoms with E-state index in [1.165, 1.54) is 18.2 Å². The zero-order valence-electron chi connectivity index (χ0n) is 19.0. The molecule has 0 aliphatic carbocycles. The maximum atomic E-state index is 12.9. The van der Waals surface area contributed by atoms with E-state index in [2.05, 4.69) is 24.5 Å². The minimum Gasteiger partial charge on any atom is -0.457 e. The number of rotatable bonds is 7. The zero-order chi connectivity index (χ0) is 26.8. The molecule has 10 nitrogen and oxygen atoms in total. The number of nitrogens with zero attached hydrogens (tertiary/aromatic N) is 3. The first-order valence-electron chi connectivity index (χ1n) is 10.4.